The fraction of sp³-hybridized carbons (Fsp3) is 0. The van der Waals surface area contributed by atoms with Crippen LogP contribution in [0.15, 0.2) is 0 Å². The summed E-state index contributed by atoms with van der Waals surface area (Å²) in [4.78, 5) is 0. The molecule has 0 spiro atoms. The van der Waals surface area contributed by atoms with Gasteiger partial charge in [-0.25, -0.2) is 0 Å². The molecule has 0 fully saturated rings. The van der Waals surface area contributed by atoms with E-state index < -0.39 is 24.3 Å². The molecule has 0 aliphatic heterocycles. The zero-order valence-corrected chi connectivity index (χ0v) is 8.91. The van der Waals surface area contributed by atoms with Crippen molar-refractivity contribution in [1.82, 2.24) is 0 Å². The van der Waals surface area contributed by atoms with Gasteiger partial charge in [0.15, 0.2) is 0 Å². The van der Waals surface area contributed by atoms with Crippen molar-refractivity contribution in [2.75, 3.05) is 0 Å². The van der Waals surface area contributed by atoms with Crippen molar-refractivity contribution in [2.24, 2.45) is 0 Å². The molecule has 0 aromatic rings. The van der Waals surface area contributed by atoms with E-state index in [0.717, 1.165) is 0 Å². The summed E-state index contributed by atoms with van der Waals surface area (Å²) in [6.45, 7) is 0. The molecule has 72 valence electrons. The van der Waals surface area contributed by atoms with Crippen LogP contribution in [0.5, 0.6) is 0 Å². The largest absolute Gasteiger partial charge is 0 e. The van der Waals surface area contributed by atoms with Crippen LogP contribution in [0.1, 0.15) is 0 Å². The van der Waals surface area contributed by atoms with Crippen LogP contribution in [0.2, 0.25) is 0 Å². The van der Waals surface area contributed by atoms with Crippen LogP contribution in [0.3, 0.4) is 0 Å². The van der Waals surface area contributed by atoms with Crippen molar-refractivity contribution < 1.29 is 78.3 Å². The second kappa shape index (κ2) is 2.09. The molecule has 0 unspecified atom stereocenters. The maximum absolute atomic E-state index is 15.4. The quantitative estimate of drug-likeness (QED) is 0.328. The fourth-order valence-electron chi connectivity index (χ4n) is 0. The molecule has 0 heterocycles. The molecule has 0 saturated heterocycles. The van der Waals surface area contributed by atoms with Crippen LogP contribution in [0.4, 0.5) is 15.4 Å². The van der Waals surface area contributed by atoms with Crippen molar-refractivity contribution in [3.63, 3.8) is 0 Å². The van der Waals surface area contributed by atoms with Crippen LogP contribution >= 0.6 is 0 Å². The smallest absolute Gasteiger partial charge is 0 e. The third-order valence-electron chi connectivity index (χ3n) is 0. The van der Waals surface area contributed by atoms with Gasteiger partial charge >= 0.3 is 88.6 Å². The van der Waals surface area contributed by atoms with E-state index in [9.17, 15) is 15.4 Å². The summed E-state index contributed by atoms with van der Waals surface area (Å²) in [5.74, 6) is 0. The minimum Gasteiger partial charge on any atom is 0 e. The molecule has 1 radical (unpaired) electrons. The standard InChI is InChI=1S/Ba.8FH.Tb.Y.2H/h;8*1H;;;;/q;;;;;;;;;;+8;;/p-8. The molecule has 0 aliphatic rings. The first-order chi connectivity index (χ1) is 2.83. The zero-order valence-electron chi connectivity index (χ0n) is 3.93. The first kappa shape index (κ1) is 19.9. The number of halogens is 8. The zero-order chi connectivity index (χ0) is 8.35. The van der Waals surface area contributed by atoms with E-state index in [-0.39, 0.29) is 87.5 Å². The molecule has 0 amide bonds. The topological polar surface area (TPSA) is 0 Å². The summed E-state index contributed by atoms with van der Waals surface area (Å²) in [6.07, 6.45) is 0. The second-order valence-electron chi connectivity index (χ2n) is 2.31. The van der Waals surface area contributed by atoms with E-state index in [0.29, 0.717) is 0 Å². The van der Waals surface area contributed by atoms with Crippen molar-refractivity contribution in [3.8, 4) is 0 Å². The Labute approximate surface area is 123 Å². The molecule has 11 heavy (non-hydrogen) atoms. The van der Waals surface area contributed by atoms with Gasteiger partial charge in [-0.1, -0.05) is 0 Å². The van der Waals surface area contributed by atoms with Gasteiger partial charge in [-0.3, -0.25) is 0 Å². The van der Waals surface area contributed by atoms with E-state index >= 15 is 0 Å². The van der Waals surface area contributed by atoms with Gasteiger partial charge in [0.2, 0.25) is 0 Å². The van der Waals surface area contributed by atoms with Gasteiger partial charge in [-0.05, 0) is 0 Å². The van der Waals surface area contributed by atoms with E-state index in [2.05, 4.69) is 0 Å². The minimum atomic E-state index is -15.4. The Kier molecular flexibility index (Phi) is 3.78. The molecule has 0 nitrogen and oxygen atoms in total. The van der Waals surface area contributed by atoms with Gasteiger partial charge in [-0.2, -0.15) is 0 Å². The van der Waals surface area contributed by atoms with Crippen molar-refractivity contribution >= 4 is 48.9 Å². The third-order valence-corrected chi connectivity index (χ3v) is 0. The maximum atomic E-state index is 9.95. The van der Waals surface area contributed by atoms with Gasteiger partial charge in [-0.15, -0.1) is 0 Å². The predicted molar refractivity (Wildman–Crippen MR) is 17.4 cm³/mol. The van der Waals surface area contributed by atoms with E-state index in [1.807, 2.05) is 0 Å². The first-order valence-corrected chi connectivity index (χ1v) is 10.3. The average molecular weight is 539 g/mol. The summed E-state index contributed by atoms with van der Waals surface area (Å²) in [6, 6.07) is 0. The SMILES string of the molecule is [BaH2].[F][Y]([F])([F])([F])([F])([F])([F])[F].[Tb]. The Morgan fingerprint density at radius 1 is 0.545 bits per heavy atom. The van der Waals surface area contributed by atoms with Gasteiger partial charge in [0.1, 0.15) is 0 Å². The molecule has 0 aromatic carbocycles. The molecule has 0 atom stereocenters. The van der Waals surface area contributed by atoms with Gasteiger partial charge in [0, 0.05) is 38.6 Å². The normalized spacial score (nSPS) is 25.5. The van der Waals surface area contributed by atoms with Crippen LogP contribution in [-0.2, 0) is 24.3 Å². The third kappa shape index (κ3) is 151. The summed E-state index contributed by atoms with van der Waals surface area (Å²) in [5, 5.41) is 0. The molecule has 0 saturated carbocycles. The molecule has 0 N–H and O–H groups in total. The first-order valence-electron chi connectivity index (χ1n) is 1.75. The Morgan fingerprint density at radius 3 is 0.545 bits per heavy atom. The molecular formula is H2BaF8TbY. The van der Waals surface area contributed by atoms with Gasteiger partial charge < -0.3 is 0 Å². The van der Waals surface area contributed by atoms with Gasteiger partial charge in [0.05, 0.1) is 0 Å². The monoisotopic (exact) mass is 540 g/mol. The van der Waals surface area contributed by atoms with E-state index in [4.69, 9.17) is 0 Å². The summed E-state index contributed by atoms with van der Waals surface area (Å²) < 4.78 is 79.6. The van der Waals surface area contributed by atoms with Crippen LogP contribution < -0.4 is 0 Å². The van der Waals surface area contributed by atoms with Crippen molar-refractivity contribution in [2.45, 2.75) is 0 Å². The summed E-state index contributed by atoms with van der Waals surface area (Å²) in [5.41, 5.74) is 0. The summed E-state index contributed by atoms with van der Waals surface area (Å²) in [7, 11) is 0. The van der Waals surface area contributed by atoms with E-state index in [1.165, 1.54) is 0 Å². The molecule has 0 aliphatic carbocycles. The Morgan fingerprint density at radius 2 is 0.545 bits per heavy atom. The van der Waals surface area contributed by atoms with E-state index in [1.54, 1.807) is 0 Å². The van der Waals surface area contributed by atoms with Crippen LogP contribution in [0, 0.1) is 38.6 Å². The minimum absolute atomic E-state index is 0. The molecule has 0 bridgehead atoms. The Balaban J connectivity index is -0.000000320. The van der Waals surface area contributed by atoms with Crippen molar-refractivity contribution in [1.29, 1.82) is 0 Å². The van der Waals surface area contributed by atoms with Crippen molar-refractivity contribution in [3.05, 3.63) is 0 Å². The fourth-order valence-corrected chi connectivity index (χ4v) is 0. The Bertz CT molecular complexity index is 149. The molecular weight excluding hydrogens is 537 g/mol. The van der Waals surface area contributed by atoms with Crippen LogP contribution in [-0.4, -0.2) is 48.9 Å². The predicted octanol–water partition coefficient (Wildman–Crippen LogP) is 2.44. The summed E-state index contributed by atoms with van der Waals surface area (Å²) >= 11 is -15.4. The maximum Gasteiger partial charge on any atom is 0 e. The number of rotatable bonds is 0. The average Bonchev–Trinajstić information content (AvgIpc) is 0.503. The van der Waals surface area contributed by atoms with Crippen LogP contribution in [0.25, 0.3) is 0 Å². The Hall–Kier alpha value is 3.40. The van der Waals surface area contributed by atoms with Gasteiger partial charge in [0.25, 0.3) is 0 Å². The second-order valence-corrected chi connectivity index (χ2v) is 13.7. The number of hydrogen-bond donors (Lipinski definition) is 0. The molecule has 11 heteroatoms. The molecule has 0 rings (SSSR count). The molecule has 0 aromatic heterocycles. The number of hydrogen-bond acceptors (Lipinski definition) is 0.